The molecule has 0 spiro atoms. The van der Waals surface area contributed by atoms with Gasteiger partial charge < -0.3 is 4.74 Å². The summed E-state index contributed by atoms with van der Waals surface area (Å²) in [7, 11) is -3.81. The van der Waals surface area contributed by atoms with Gasteiger partial charge in [0.1, 0.15) is 16.4 Å². The highest BCUT2D eigenvalue weighted by Gasteiger charge is 2.28. The van der Waals surface area contributed by atoms with Crippen molar-refractivity contribution in [2.24, 2.45) is 0 Å². The first-order valence-electron chi connectivity index (χ1n) is 8.70. The lowest BCUT2D eigenvalue weighted by molar-refractivity contribution is 0.482. The number of hydrogen-bond acceptors (Lipinski definition) is 4. The van der Waals surface area contributed by atoms with E-state index in [1.807, 2.05) is 0 Å². The number of ether oxygens (including phenoxy) is 1. The lowest BCUT2D eigenvalue weighted by Crippen LogP contribution is -2.30. The van der Waals surface area contributed by atoms with E-state index in [1.165, 1.54) is 12.1 Å². The van der Waals surface area contributed by atoms with Crippen molar-refractivity contribution in [2.75, 3.05) is 0 Å². The van der Waals surface area contributed by atoms with Crippen molar-refractivity contribution in [1.29, 1.82) is 0 Å². The van der Waals surface area contributed by atoms with Crippen molar-refractivity contribution in [3.8, 4) is 11.5 Å². The normalized spacial score (nSPS) is 16.6. The van der Waals surface area contributed by atoms with Crippen LogP contribution in [0.3, 0.4) is 0 Å². The average molecular weight is 438 g/mol. The number of aromatic amines is 1. The molecule has 1 aliphatic rings. The van der Waals surface area contributed by atoms with E-state index in [0.717, 1.165) is 24.1 Å². The average Bonchev–Trinajstić information content (AvgIpc) is 3.13. The van der Waals surface area contributed by atoms with E-state index in [2.05, 4.69) is 14.9 Å². The topological polar surface area (TPSA) is 84.1 Å². The van der Waals surface area contributed by atoms with E-state index < -0.39 is 10.0 Å². The van der Waals surface area contributed by atoms with Crippen molar-refractivity contribution in [2.45, 2.75) is 30.2 Å². The number of para-hydroxylation sites is 1. The SMILES string of the molecule is O=S(=O)(N[C@@H]1CCCc2[nH]ncc21)c1ccc(Oc2ccccc2Cl)cc1Cl. The summed E-state index contributed by atoms with van der Waals surface area (Å²) < 4.78 is 34.2. The van der Waals surface area contributed by atoms with Gasteiger partial charge in [-0.15, -0.1) is 0 Å². The van der Waals surface area contributed by atoms with Crippen LogP contribution in [-0.4, -0.2) is 18.6 Å². The summed E-state index contributed by atoms with van der Waals surface area (Å²) in [6, 6.07) is 11.1. The van der Waals surface area contributed by atoms with E-state index in [4.69, 9.17) is 27.9 Å². The Kier molecular flexibility index (Phi) is 5.33. The maximum Gasteiger partial charge on any atom is 0.242 e. The van der Waals surface area contributed by atoms with Gasteiger partial charge in [0.25, 0.3) is 0 Å². The molecule has 6 nitrogen and oxygen atoms in total. The smallest absolute Gasteiger partial charge is 0.242 e. The minimum absolute atomic E-state index is 0.00343. The van der Waals surface area contributed by atoms with Crippen LogP contribution in [0.15, 0.2) is 53.6 Å². The molecule has 2 aromatic carbocycles. The maximum atomic E-state index is 12.9. The molecule has 0 bridgehead atoms. The number of halogens is 2. The molecule has 0 unspecified atom stereocenters. The van der Waals surface area contributed by atoms with Gasteiger partial charge in [-0.25, -0.2) is 13.1 Å². The predicted octanol–water partition coefficient (Wildman–Crippen LogP) is 4.86. The number of benzene rings is 2. The first-order valence-corrected chi connectivity index (χ1v) is 10.9. The molecule has 1 atom stereocenters. The third-order valence-corrected chi connectivity index (χ3v) is 6.87. The highest BCUT2D eigenvalue weighted by atomic mass is 35.5. The molecule has 0 fully saturated rings. The number of aromatic nitrogens is 2. The highest BCUT2D eigenvalue weighted by Crippen LogP contribution is 2.34. The van der Waals surface area contributed by atoms with Gasteiger partial charge in [-0.3, -0.25) is 5.10 Å². The minimum atomic E-state index is -3.81. The molecular weight excluding hydrogens is 421 g/mol. The first-order chi connectivity index (χ1) is 13.4. The van der Waals surface area contributed by atoms with Crippen LogP contribution in [0, 0.1) is 0 Å². The summed E-state index contributed by atoms with van der Waals surface area (Å²) in [5.74, 6) is 0.857. The quantitative estimate of drug-likeness (QED) is 0.596. The lowest BCUT2D eigenvalue weighted by Gasteiger charge is -2.23. The van der Waals surface area contributed by atoms with Crippen molar-refractivity contribution in [1.82, 2.24) is 14.9 Å². The van der Waals surface area contributed by atoms with Gasteiger partial charge in [0.05, 0.1) is 22.3 Å². The zero-order valence-corrected chi connectivity index (χ0v) is 17.0. The maximum absolute atomic E-state index is 12.9. The number of aryl methyl sites for hydroxylation is 1. The summed E-state index contributed by atoms with van der Waals surface area (Å²) in [5.41, 5.74) is 1.85. The van der Waals surface area contributed by atoms with Crippen LogP contribution in [0.25, 0.3) is 0 Å². The minimum Gasteiger partial charge on any atom is -0.456 e. The zero-order valence-electron chi connectivity index (χ0n) is 14.7. The Morgan fingerprint density at radius 2 is 1.96 bits per heavy atom. The molecule has 0 aliphatic heterocycles. The van der Waals surface area contributed by atoms with E-state index in [1.54, 1.807) is 36.5 Å². The molecule has 0 amide bonds. The fourth-order valence-electron chi connectivity index (χ4n) is 3.25. The van der Waals surface area contributed by atoms with E-state index >= 15 is 0 Å². The van der Waals surface area contributed by atoms with Crippen LogP contribution in [0.1, 0.15) is 30.1 Å². The summed E-state index contributed by atoms with van der Waals surface area (Å²) in [4.78, 5) is -0.00343. The number of rotatable bonds is 5. The van der Waals surface area contributed by atoms with Crippen molar-refractivity contribution in [3.63, 3.8) is 0 Å². The van der Waals surface area contributed by atoms with Crippen LogP contribution < -0.4 is 9.46 Å². The first kappa shape index (κ1) is 19.3. The number of nitrogens with one attached hydrogen (secondary N) is 2. The van der Waals surface area contributed by atoms with Crippen LogP contribution in [-0.2, 0) is 16.4 Å². The highest BCUT2D eigenvalue weighted by molar-refractivity contribution is 7.89. The van der Waals surface area contributed by atoms with Gasteiger partial charge in [-0.05, 0) is 43.5 Å². The fourth-order valence-corrected chi connectivity index (χ4v) is 5.21. The largest absolute Gasteiger partial charge is 0.456 e. The van der Waals surface area contributed by atoms with Crippen molar-refractivity contribution >= 4 is 33.2 Å². The van der Waals surface area contributed by atoms with Gasteiger partial charge >= 0.3 is 0 Å². The third-order valence-electron chi connectivity index (χ3n) is 4.60. The summed E-state index contributed by atoms with van der Waals surface area (Å²) in [6.45, 7) is 0. The Hall–Kier alpha value is -2.06. The molecular formula is C19H17Cl2N3O3S. The summed E-state index contributed by atoms with van der Waals surface area (Å²) in [6.07, 6.45) is 4.12. The van der Waals surface area contributed by atoms with Gasteiger partial charge in [0, 0.05) is 17.3 Å². The molecule has 1 aromatic heterocycles. The number of nitrogens with zero attached hydrogens (tertiary/aromatic N) is 1. The van der Waals surface area contributed by atoms with Gasteiger partial charge in [0.2, 0.25) is 10.0 Å². The molecule has 146 valence electrons. The van der Waals surface area contributed by atoms with Crippen LogP contribution >= 0.6 is 23.2 Å². The number of H-pyrrole nitrogens is 1. The Morgan fingerprint density at radius 3 is 2.75 bits per heavy atom. The van der Waals surface area contributed by atoms with E-state index in [-0.39, 0.29) is 16.0 Å². The molecule has 9 heteroatoms. The summed E-state index contributed by atoms with van der Waals surface area (Å²) >= 11 is 12.4. The molecule has 3 aromatic rings. The number of hydrogen-bond donors (Lipinski definition) is 2. The lowest BCUT2D eigenvalue weighted by atomic mass is 9.94. The Balaban J connectivity index is 1.56. The predicted molar refractivity (Wildman–Crippen MR) is 108 cm³/mol. The number of fused-ring (bicyclic) bond motifs is 1. The Morgan fingerprint density at radius 1 is 1.14 bits per heavy atom. The zero-order chi connectivity index (χ0) is 19.7. The fraction of sp³-hybridized carbons (Fsp3) is 0.211. The van der Waals surface area contributed by atoms with Crippen molar-refractivity contribution in [3.05, 3.63) is 70.0 Å². The van der Waals surface area contributed by atoms with Crippen LogP contribution in [0.5, 0.6) is 11.5 Å². The number of sulfonamides is 1. The monoisotopic (exact) mass is 437 g/mol. The Labute approximate surface area is 172 Å². The Bertz CT molecular complexity index is 1120. The standard InChI is InChI=1S/C19H17Cl2N3O3S/c20-14-4-1-2-7-18(14)27-12-8-9-19(15(21)10-12)28(25,26)24-17-6-3-5-16-13(17)11-22-23-16/h1-2,4,7-11,17,24H,3,5-6H2,(H,22,23)/t17-/m1/s1. The van der Waals surface area contributed by atoms with Gasteiger partial charge in [-0.2, -0.15) is 5.10 Å². The molecule has 0 saturated carbocycles. The van der Waals surface area contributed by atoms with Crippen LogP contribution in [0.2, 0.25) is 10.0 Å². The second kappa shape index (κ2) is 7.75. The van der Waals surface area contributed by atoms with Gasteiger partial charge in [0.15, 0.2) is 0 Å². The molecule has 2 N–H and O–H groups in total. The second-order valence-corrected chi connectivity index (χ2v) is 8.99. The van der Waals surface area contributed by atoms with Crippen molar-refractivity contribution < 1.29 is 13.2 Å². The molecule has 28 heavy (non-hydrogen) atoms. The third kappa shape index (κ3) is 3.89. The second-order valence-electron chi connectivity index (χ2n) is 6.49. The molecule has 1 heterocycles. The molecule has 1 aliphatic carbocycles. The molecule has 0 saturated heterocycles. The molecule has 4 rings (SSSR count). The van der Waals surface area contributed by atoms with Crippen LogP contribution in [0.4, 0.5) is 0 Å². The van der Waals surface area contributed by atoms with Gasteiger partial charge in [-0.1, -0.05) is 35.3 Å². The summed E-state index contributed by atoms with van der Waals surface area (Å²) in [5, 5.41) is 7.46. The molecule has 0 radical (unpaired) electrons. The van der Waals surface area contributed by atoms with E-state index in [9.17, 15) is 8.42 Å². The van der Waals surface area contributed by atoms with E-state index in [0.29, 0.717) is 22.9 Å².